The molecule has 24 heavy (non-hydrogen) atoms. The summed E-state index contributed by atoms with van der Waals surface area (Å²) in [7, 11) is 0. The molecule has 0 saturated carbocycles. The average molecular weight is 346 g/mol. The maximum atomic E-state index is 12.6. The zero-order valence-electron chi connectivity index (χ0n) is 14.2. The van der Waals surface area contributed by atoms with E-state index in [9.17, 15) is 4.79 Å². The topological polar surface area (TPSA) is 46.1 Å². The lowest BCUT2D eigenvalue weighted by Gasteiger charge is -2.22. The molecule has 4 nitrogen and oxygen atoms in total. The summed E-state index contributed by atoms with van der Waals surface area (Å²) in [6.45, 7) is 6.81. The number of halogens is 1. The van der Waals surface area contributed by atoms with Gasteiger partial charge in [-0.05, 0) is 76.0 Å². The van der Waals surface area contributed by atoms with E-state index < -0.39 is 0 Å². The molecule has 1 atom stereocenters. The summed E-state index contributed by atoms with van der Waals surface area (Å²) in [5, 5.41) is 7.19. The Hall–Kier alpha value is -1.78. The van der Waals surface area contributed by atoms with E-state index in [-0.39, 0.29) is 5.91 Å². The van der Waals surface area contributed by atoms with Crippen molar-refractivity contribution in [2.45, 2.75) is 26.7 Å². The summed E-state index contributed by atoms with van der Waals surface area (Å²) in [6.07, 6.45) is 2.36. The summed E-state index contributed by atoms with van der Waals surface area (Å²) in [5.41, 5.74) is 3.75. The zero-order valence-corrected chi connectivity index (χ0v) is 15.0. The minimum atomic E-state index is 0.00823. The SMILES string of the molecule is Cc1cc(C(=O)NCC2CCCNC2)c(C)n1-c1ccc(Cl)cc1. The van der Waals surface area contributed by atoms with Gasteiger partial charge in [0.2, 0.25) is 0 Å². The highest BCUT2D eigenvalue weighted by molar-refractivity contribution is 6.30. The molecule has 1 aromatic carbocycles. The van der Waals surface area contributed by atoms with Crippen LogP contribution in [-0.4, -0.2) is 30.1 Å². The third kappa shape index (κ3) is 3.65. The number of benzene rings is 1. The van der Waals surface area contributed by atoms with Gasteiger partial charge < -0.3 is 15.2 Å². The van der Waals surface area contributed by atoms with Gasteiger partial charge in [0.15, 0.2) is 0 Å². The van der Waals surface area contributed by atoms with E-state index in [1.165, 1.54) is 12.8 Å². The molecule has 0 radical (unpaired) electrons. The fourth-order valence-corrected chi connectivity index (χ4v) is 3.54. The Kier molecular flexibility index (Phi) is 5.27. The number of carbonyl (C=O) groups excluding carboxylic acids is 1. The molecule has 1 aromatic heterocycles. The predicted molar refractivity (Wildman–Crippen MR) is 98.2 cm³/mol. The highest BCUT2D eigenvalue weighted by Gasteiger charge is 2.19. The Morgan fingerprint density at radius 2 is 2.08 bits per heavy atom. The van der Waals surface area contributed by atoms with Crippen LogP contribution >= 0.6 is 11.6 Å². The minimum Gasteiger partial charge on any atom is -0.352 e. The fraction of sp³-hybridized carbons (Fsp3) is 0.421. The fourth-order valence-electron chi connectivity index (χ4n) is 3.41. The highest BCUT2D eigenvalue weighted by Crippen LogP contribution is 2.22. The molecule has 3 rings (SSSR count). The Morgan fingerprint density at radius 1 is 1.33 bits per heavy atom. The van der Waals surface area contributed by atoms with Gasteiger partial charge in [-0.1, -0.05) is 11.6 Å². The van der Waals surface area contributed by atoms with Crippen molar-refractivity contribution in [3.8, 4) is 5.69 Å². The molecule has 2 heterocycles. The van der Waals surface area contributed by atoms with Crippen LogP contribution in [0, 0.1) is 19.8 Å². The first kappa shape index (κ1) is 17.1. The van der Waals surface area contributed by atoms with E-state index in [0.717, 1.165) is 42.3 Å². The lowest BCUT2D eigenvalue weighted by atomic mass is 10.00. The molecular weight excluding hydrogens is 322 g/mol. The normalized spacial score (nSPS) is 17.7. The quantitative estimate of drug-likeness (QED) is 0.891. The third-order valence-corrected chi connectivity index (χ3v) is 4.96. The lowest BCUT2D eigenvalue weighted by Crippen LogP contribution is -2.38. The number of nitrogens with zero attached hydrogens (tertiary/aromatic N) is 1. The number of hydrogen-bond donors (Lipinski definition) is 2. The van der Waals surface area contributed by atoms with Crippen molar-refractivity contribution in [3.63, 3.8) is 0 Å². The number of nitrogens with one attached hydrogen (secondary N) is 2. The minimum absolute atomic E-state index is 0.00823. The van der Waals surface area contributed by atoms with Crippen LogP contribution in [0.2, 0.25) is 5.02 Å². The molecule has 1 fully saturated rings. The van der Waals surface area contributed by atoms with Crippen molar-refractivity contribution >= 4 is 17.5 Å². The van der Waals surface area contributed by atoms with Crippen molar-refractivity contribution in [2.75, 3.05) is 19.6 Å². The molecule has 0 spiro atoms. The largest absolute Gasteiger partial charge is 0.352 e. The molecule has 1 saturated heterocycles. The van der Waals surface area contributed by atoms with Gasteiger partial charge in [0.1, 0.15) is 0 Å². The monoisotopic (exact) mass is 345 g/mol. The summed E-state index contributed by atoms with van der Waals surface area (Å²) < 4.78 is 2.09. The van der Waals surface area contributed by atoms with Crippen molar-refractivity contribution in [1.29, 1.82) is 0 Å². The molecule has 0 bridgehead atoms. The maximum Gasteiger partial charge on any atom is 0.253 e. The van der Waals surface area contributed by atoms with Gasteiger partial charge in [-0.3, -0.25) is 4.79 Å². The Labute approximate surface area is 148 Å². The maximum absolute atomic E-state index is 12.6. The first-order valence-electron chi connectivity index (χ1n) is 8.50. The Morgan fingerprint density at radius 3 is 2.75 bits per heavy atom. The van der Waals surface area contributed by atoms with Crippen molar-refractivity contribution in [3.05, 3.63) is 52.3 Å². The number of aromatic nitrogens is 1. The zero-order chi connectivity index (χ0) is 17.1. The number of aryl methyl sites for hydroxylation is 1. The molecule has 1 aliphatic rings. The number of amides is 1. The van der Waals surface area contributed by atoms with Crippen LogP contribution in [0.3, 0.4) is 0 Å². The number of piperidine rings is 1. The van der Waals surface area contributed by atoms with Crippen LogP contribution < -0.4 is 10.6 Å². The first-order chi connectivity index (χ1) is 11.6. The predicted octanol–water partition coefficient (Wildman–Crippen LogP) is 3.48. The summed E-state index contributed by atoms with van der Waals surface area (Å²) in [6, 6.07) is 9.63. The standard InChI is InChI=1S/C19H24ClN3O/c1-13-10-18(19(24)22-12-15-4-3-9-21-11-15)14(2)23(13)17-7-5-16(20)6-8-17/h5-8,10,15,21H,3-4,9,11-12H2,1-2H3,(H,22,24). The third-order valence-electron chi connectivity index (χ3n) is 4.71. The van der Waals surface area contributed by atoms with Crippen LogP contribution in [0.25, 0.3) is 5.69 Å². The van der Waals surface area contributed by atoms with Gasteiger partial charge in [-0.25, -0.2) is 0 Å². The van der Waals surface area contributed by atoms with Crippen LogP contribution in [-0.2, 0) is 0 Å². The van der Waals surface area contributed by atoms with Gasteiger partial charge in [0, 0.05) is 28.6 Å². The van der Waals surface area contributed by atoms with Gasteiger partial charge in [-0.2, -0.15) is 0 Å². The van der Waals surface area contributed by atoms with Crippen molar-refractivity contribution in [2.24, 2.45) is 5.92 Å². The second kappa shape index (κ2) is 7.41. The number of carbonyl (C=O) groups is 1. The second-order valence-electron chi connectivity index (χ2n) is 6.52. The van der Waals surface area contributed by atoms with Gasteiger partial charge in [0.05, 0.1) is 5.56 Å². The summed E-state index contributed by atoms with van der Waals surface area (Å²) in [4.78, 5) is 12.6. The van der Waals surface area contributed by atoms with E-state index in [1.807, 2.05) is 44.2 Å². The van der Waals surface area contributed by atoms with Gasteiger partial charge in [0.25, 0.3) is 5.91 Å². The lowest BCUT2D eigenvalue weighted by molar-refractivity contribution is 0.0944. The number of rotatable bonds is 4. The molecular formula is C19H24ClN3O. The molecule has 1 aliphatic heterocycles. The van der Waals surface area contributed by atoms with Gasteiger partial charge in [-0.15, -0.1) is 0 Å². The van der Waals surface area contributed by atoms with Crippen LogP contribution in [0.5, 0.6) is 0 Å². The van der Waals surface area contributed by atoms with Crippen LogP contribution in [0.1, 0.15) is 34.6 Å². The Balaban J connectivity index is 1.75. The van der Waals surface area contributed by atoms with E-state index in [1.54, 1.807) is 0 Å². The molecule has 1 amide bonds. The second-order valence-corrected chi connectivity index (χ2v) is 6.96. The molecule has 1 unspecified atom stereocenters. The molecule has 2 aromatic rings. The molecule has 0 aliphatic carbocycles. The van der Waals surface area contributed by atoms with Crippen molar-refractivity contribution < 1.29 is 4.79 Å². The average Bonchev–Trinajstić information content (AvgIpc) is 2.89. The van der Waals surface area contributed by atoms with E-state index in [0.29, 0.717) is 10.9 Å². The smallest absolute Gasteiger partial charge is 0.253 e. The highest BCUT2D eigenvalue weighted by atomic mass is 35.5. The summed E-state index contributed by atoms with van der Waals surface area (Å²) >= 11 is 5.97. The molecule has 5 heteroatoms. The van der Waals surface area contributed by atoms with Crippen LogP contribution in [0.15, 0.2) is 30.3 Å². The summed E-state index contributed by atoms with van der Waals surface area (Å²) in [5.74, 6) is 0.538. The first-order valence-corrected chi connectivity index (χ1v) is 8.88. The number of hydrogen-bond acceptors (Lipinski definition) is 2. The van der Waals surface area contributed by atoms with E-state index in [4.69, 9.17) is 11.6 Å². The van der Waals surface area contributed by atoms with Crippen LogP contribution in [0.4, 0.5) is 0 Å². The molecule has 128 valence electrons. The van der Waals surface area contributed by atoms with Crippen molar-refractivity contribution in [1.82, 2.24) is 15.2 Å². The van der Waals surface area contributed by atoms with Gasteiger partial charge >= 0.3 is 0 Å². The Bertz CT molecular complexity index is 715. The van der Waals surface area contributed by atoms with E-state index >= 15 is 0 Å². The molecule has 2 N–H and O–H groups in total. The van der Waals surface area contributed by atoms with E-state index in [2.05, 4.69) is 15.2 Å².